The number of benzene rings is 2. The summed E-state index contributed by atoms with van der Waals surface area (Å²) in [5.41, 5.74) is 2.90. The number of methoxy groups -OCH3 is 1. The van der Waals surface area contributed by atoms with Crippen LogP contribution in [0.4, 0.5) is 17.6 Å². The average molecular weight is 908 g/mol. The summed E-state index contributed by atoms with van der Waals surface area (Å²) < 4.78 is 60.8. The fourth-order valence-corrected chi connectivity index (χ4v) is 8.15. The molecule has 2 saturated heterocycles. The Kier molecular flexibility index (Phi) is 14.0. The Morgan fingerprint density at radius 2 is 1.27 bits per heavy atom. The van der Waals surface area contributed by atoms with E-state index in [0.717, 1.165) is 56.7 Å². The topological polar surface area (TPSA) is 206 Å². The smallest absolute Gasteiger partial charge is 0.341 e. The summed E-state index contributed by atoms with van der Waals surface area (Å²) >= 11 is 10.8. The van der Waals surface area contributed by atoms with E-state index >= 15 is 0 Å². The Bertz CT molecular complexity index is 2590. The van der Waals surface area contributed by atoms with E-state index in [1.54, 1.807) is 14.4 Å². The standard InChI is InChI=1S/C20H18ClF2N3O4.C14H16N2O5.C7H6ClF2N/c21-14-13(22)5-4-10(15(14)23)7-24-19(29)12-9-26-11-3-1-2-6-25(8-11)20(30)16(26)18(28)17(12)27;1-21-12-10-13(18)15-5-3-2-4-8(6-15)16(10)7-9(11(12)17)14(19)20;8-6-5(9)2-1-4(3-11)7(6)10/h4-5,9,11,28H,1-3,6-8H2,(H,24,29);7-8H,2-6H2,1H3,(H,19,20);1-2H,3,11H2/t11-;8-;/m00./s1. The van der Waals surface area contributed by atoms with Crippen LogP contribution in [0.5, 0.6) is 11.5 Å². The Balaban J connectivity index is 0.000000173. The molecule has 0 radical (unpaired) electrons. The van der Waals surface area contributed by atoms with Gasteiger partial charge in [-0.3, -0.25) is 24.0 Å². The van der Waals surface area contributed by atoms with Crippen LogP contribution in [0.15, 0.2) is 46.2 Å². The van der Waals surface area contributed by atoms with Gasteiger partial charge in [0.05, 0.1) is 19.2 Å². The maximum atomic E-state index is 14.0. The van der Waals surface area contributed by atoms with Gasteiger partial charge >= 0.3 is 5.97 Å². The van der Waals surface area contributed by atoms with Gasteiger partial charge in [-0.05, 0) is 50.7 Å². The Morgan fingerprint density at radius 1 is 0.774 bits per heavy atom. The van der Waals surface area contributed by atoms with E-state index in [-0.39, 0.29) is 70.5 Å². The average Bonchev–Trinajstić information content (AvgIpc) is 3.63. The van der Waals surface area contributed by atoms with Gasteiger partial charge in [0.1, 0.15) is 44.4 Å². The third kappa shape index (κ3) is 8.87. The van der Waals surface area contributed by atoms with Crippen molar-refractivity contribution in [3.05, 3.63) is 124 Å². The minimum atomic E-state index is -1.31. The van der Waals surface area contributed by atoms with Gasteiger partial charge in [0, 0.05) is 62.8 Å². The third-order valence-corrected chi connectivity index (χ3v) is 11.7. The van der Waals surface area contributed by atoms with Gasteiger partial charge in [-0.15, -0.1) is 0 Å². The maximum absolute atomic E-state index is 14.0. The number of nitrogens with zero attached hydrogens (tertiary/aromatic N) is 4. The molecule has 2 aromatic carbocycles. The summed E-state index contributed by atoms with van der Waals surface area (Å²) in [6, 6.07) is 4.30. The molecule has 6 heterocycles. The van der Waals surface area contributed by atoms with E-state index in [1.165, 1.54) is 30.1 Å². The van der Waals surface area contributed by atoms with E-state index in [0.29, 0.717) is 26.2 Å². The molecule has 2 fully saturated rings. The zero-order valence-electron chi connectivity index (χ0n) is 33.0. The number of nitrogens with one attached hydrogen (secondary N) is 1. The Labute approximate surface area is 360 Å². The number of rotatable bonds is 6. The van der Waals surface area contributed by atoms with Crippen LogP contribution in [0.1, 0.15) is 103 Å². The summed E-state index contributed by atoms with van der Waals surface area (Å²) in [6.07, 6.45) is 7.70. The van der Waals surface area contributed by atoms with Crippen molar-refractivity contribution in [1.29, 1.82) is 0 Å². The lowest BCUT2D eigenvalue weighted by Crippen LogP contribution is -2.44. The van der Waals surface area contributed by atoms with Gasteiger partial charge in [-0.1, -0.05) is 35.3 Å². The van der Waals surface area contributed by atoms with Crippen LogP contribution in [0.3, 0.4) is 0 Å². The summed E-state index contributed by atoms with van der Waals surface area (Å²) in [7, 11) is 1.28. The Morgan fingerprint density at radius 3 is 1.81 bits per heavy atom. The van der Waals surface area contributed by atoms with Crippen LogP contribution in [-0.4, -0.2) is 86.1 Å². The van der Waals surface area contributed by atoms with E-state index < -0.39 is 67.7 Å². The van der Waals surface area contributed by atoms with Crippen molar-refractivity contribution >= 4 is 46.9 Å². The predicted octanol–water partition coefficient (Wildman–Crippen LogP) is 5.41. The van der Waals surface area contributed by atoms with Crippen molar-refractivity contribution in [2.45, 2.75) is 63.7 Å². The SMILES string of the molecule is COc1c2n(cc(C(=O)O)c1=O)[C@H]1CCCCN(C1)C2=O.NCc1ccc(F)c(Cl)c1F.O=C(NCc1ccc(F)c(Cl)c1F)c1cn2c(c(O)c1=O)C(=O)N1CCCC[C@H]2C1. The van der Waals surface area contributed by atoms with Gasteiger partial charge in [-0.25, -0.2) is 22.4 Å². The molecule has 62 heavy (non-hydrogen) atoms. The highest BCUT2D eigenvalue weighted by molar-refractivity contribution is 6.31. The number of amides is 3. The number of carbonyl (C=O) groups excluding carboxylic acids is 3. The normalized spacial score (nSPS) is 17.5. The molecule has 4 aliphatic heterocycles. The van der Waals surface area contributed by atoms with Crippen LogP contribution < -0.4 is 26.6 Å². The van der Waals surface area contributed by atoms with E-state index in [1.807, 2.05) is 0 Å². The molecule has 4 aliphatic rings. The number of hydrogen-bond acceptors (Lipinski definition) is 9. The molecule has 4 aromatic rings. The first-order valence-electron chi connectivity index (χ1n) is 19.4. The monoisotopic (exact) mass is 906 g/mol. The minimum absolute atomic E-state index is 0.00667. The number of aromatic hydroxyl groups is 1. The number of aromatic nitrogens is 2. The largest absolute Gasteiger partial charge is 0.503 e. The molecule has 5 N–H and O–H groups in total. The first kappa shape index (κ1) is 45.6. The van der Waals surface area contributed by atoms with Crippen molar-refractivity contribution < 1.29 is 51.7 Å². The lowest BCUT2D eigenvalue weighted by atomic mass is 10.1. The highest BCUT2D eigenvalue weighted by atomic mass is 35.5. The Hall–Kier alpha value is -5.92. The molecule has 2 atom stereocenters. The molecular weight excluding hydrogens is 867 g/mol. The van der Waals surface area contributed by atoms with Gasteiger partial charge in [0.2, 0.25) is 10.9 Å². The second-order valence-electron chi connectivity index (χ2n) is 14.8. The van der Waals surface area contributed by atoms with Crippen molar-refractivity contribution in [3.63, 3.8) is 0 Å². The fourth-order valence-electron chi connectivity index (χ4n) is 7.79. The highest BCUT2D eigenvalue weighted by Crippen LogP contribution is 2.34. The summed E-state index contributed by atoms with van der Waals surface area (Å²) in [5, 5.41) is 20.8. The number of carbonyl (C=O) groups is 4. The number of hydrogen-bond donors (Lipinski definition) is 4. The van der Waals surface area contributed by atoms with Gasteiger partial charge in [0.25, 0.3) is 17.7 Å². The number of nitrogens with two attached hydrogens (primary N) is 1. The van der Waals surface area contributed by atoms with E-state index in [2.05, 4.69) is 5.32 Å². The van der Waals surface area contributed by atoms with Crippen molar-refractivity contribution in [2.24, 2.45) is 5.73 Å². The first-order chi connectivity index (χ1) is 29.5. The van der Waals surface area contributed by atoms with E-state index in [4.69, 9.17) is 38.8 Å². The molecule has 330 valence electrons. The zero-order valence-corrected chi connectivity index (χ0v) is 34.5. The summed E-state index contributed by atoms with van der Waals surface area (Å²) in [4.78, 5) is 77.1. The van der Waals surface area contributed by atoms with Crippen molar-refractivity contribution in [3.8, 4) is 11.5 Å². The van der Waals surface area contributed by atoms with Gasteiger partial charge in [-0.2, -0.15) is 0 Å². The van der Waals surface area contributed by atoms with Gasteiger partial charge in [0.15, 0.2) is 22.9 Å². The lowest BCUT2D eigenvalue weighted by molar-refractivity contribution is 0.0658. The van der Waals surface area contributed by atoms with Crippen LogP contribution in [0, 0.1) is 23.3 Å². The quantitative estimate of drug-likeness (QED) is 0.143. The molecule has 21 heteroatoms. The molecule has 0 saturated carbocycles. The van der Waals surface area contributed by atoms with Crippen LogP contribution in [0.2, 0.25) is 10.0 Å². The van der Waals surface area contributed by atoms with Crippen molar-refractivity contribution in [2.75, 3.05) is 33.3 Å². The number of carboxylic acid groups (broad SMARTS) is 1. The zero-order chi connectivity index (χ0) is 45.2. The minimum Gasteiger partial charge on any atom is -0.503 e. The van der Waals surface area contributed by atoms with Gasteiger partial charge < -0.3 is 44.9 Å². The first-order valence-corrected chi connectivity index (χ1v) is 20.1. The fraction of sp³-hybridized carbons (Fsp3) is 0.366. The molecule has 2 aromatic heterocycles. The molecule has 15 nitrogen and oxygen atoms in total. The second kappa shape index (κ2) is 19.0. The number of ether oxygens (including phenoxy) is 1. The molecule has 8 rings (SSSR count). The maximum Gasteiger partial charge on any atom is 0.341 e. The van der Waals surface area contributed by atoms with Crippen LogP contribution >= 0.6 is 23.2 Å². The highest BCUT2D eigenvalue weighted by Gasteiger charge is 2.38. The predicted molar refractivity (Wildman–Crippen MR) is 216 cm³/mol. The van der Waals surface area contributed by atoms with Crippen LogP contribution in [0.25, 0.3) is 0 Å². The lowest BCUT2D eigenvalue weighted by Gasteiger charge is -2.34. The number of halogens is 6. The summed E-state index contributed by atoms with van der Waals surface area (Å²) in [5.74, 6) is -7.29. The van der Waals surface area contributed by atoms with Crippen LogP contribution in [-0.2, 0) is 13.1 Å². The molecule has 3 amide bonds. The second-order valence-corrected chi connectivity index (χ2v) is 15.6. The number of aromatic carboxylic acids is 1. The molecule has 0 aliphatic carbocycles. The molecular formula is C41H40Cl2F4N6O9. The number of fused-ring (bicyclic) bond motifs is 8. The molecule has 0 spiro atoms. The number of pyridine rings is 2. The molecule has 4 bridgehead atoms. The molecule has 0 unspecified atom stereocenters. The summed E-state index contributed by atoms with van der Waals surface area (Å²) in [6.45, 7) is 1.88. The van der Waals surface area contributed by atoms with Crippen molar-refractivity contribution in [1.82, 2.24) is 24.3 Å². The number of carboxylic acids is 1. The van der Waals surface area contributed by atoms with E-state index in [9.17, 15) is 51.4 Å². The third-order valence-electron chi connectivity index (χ3n) is 11.0.